The Morgan fingerprint density at radius 2 is 1.67 bits per heavy atom. The Kier molecular flexibility index (Phi) is 5.09. The highest BCUT2D eigenvalue weighted by Gasteiger charge is 2.21. The highest BCUT2D eigenvalue weighted by atomic mass is 16.5. The summed E-state index contributed by atoms with van der Waals surface area (Å²) < 4.78 is 12.1. The zero-order valence-corrected chi connectivity index (χ0v) is 18.7. The molecule has 1 N–H and O–H groups in total. The van der Waals surface area contributed by atoms with Crippen LogP contribution in [0.15, 0.2) is 76.1 Å². The second-order valence-corrected chi connectivity index (χ2v) is 8.35. The summed E-state index contributed by atoms with van der Waals surface area (Å²) in [4.78, 5) is 29.5. The number of ether oxygens (including phenoxy) is 1. The highest BCUT2D eigenvalue weighted by Crippen LogP contribution is 2.32. The van der Waals surface area contributed by atoms with Crippen LogP contribution >= 0.6 is 0 Å². The number of rotatable bonds is 5. The van der Waals surface area contributed by atoms with Crippen LogP contribution in [-0.2, 0) is 0 Å². The molecule has 0 bridgehead atoms. The van der Waals surface area contributed by atoms with Gasteiger partial charge in [-0.3, -0.25) is 9.59 Å². The molecular formula is C28H23NO4. The quantitative estimate of drug-likeness (QED) is 0.336. The molecule has 2 heterocycles. The van der Waals surface area contributed by atoms with Crippen molar-refractivity contribution in [3.8, 4) is 17.1 Å². The van der Waals surface area contributed by atoms with E-state index in [1.54, 1.807) is 6.20 Å². The van der Waals surface area contributed by atoms with Gasteiger partial charge in [0.05, 0.1) is 5.39 Å². The number of hydrogen-bond acceptors (Lipinski definition) is 4. The number of fused-ring (bicyclic) bond motifs is 2. The van der Waals surface area contributed by atoms with Crippen LogP contribution in [-0.4, -0.2) is 17.4 Å². The number of para-hydroxylation sites is 1. The Morgan fingerprint density at radius 1 is 0.939 bits per heavy atom. The van der Waals surface area contributed by atoms with E-state index in [0.29, 0.717) is 27.9 Å². The van der Waals surface area contributed by atoms with Gasteiger partial charge in [-0.2, -0.15) is 0 Å². The molecule has 0 unspecified atom stereocenters. The van der Waals surface area contributed by atoms with Crippen molar-refractivity contribution in [1.29, 1.82) is 0 Å². The summed E-state index contributed by atoms with van der Waals surface area (Å²) in [6.45, 7) is 5.64. The van der Waals surface area contributed by atoms with Crippen LogP contribution < -0.4 is 10.2 Å². The second kappa shape index (κ2) is 8.10. The Balaban J connectivity index is 1.59. The first kappa shape index (κ1) is 20.8. The third-order valence-electron chi connectivity index (χ3n) is 6.02. The maximum absolute atomic E-state index is 13.5. The van der Waals surface area contributed by atoms with E-state index in [-0.39, 0.29) is 23.6 Å². The molecule has 5 aromatic rings. The van der Waals surface area contributed by atoms with E-state index in [1.165, 1.54) is 0 Å². The molecule has 0 amide bonds. The lowest BCUT2D eigenvalue weighted by Gasteiger charge is -2.12. The summed E-state index contributed by atoms with van der Waals surface area (Å²) >= 11 is 0. The molecule has 0 saturated heterocycles. The fourth-order valence-corrected chi connectivity index (χ4v) is 3.98. The summed E-state index contributed by atoms with van der Waals surface area (Å²) in [7, 11) is 0. The van der Waals surface area contributed by atoms with E-state index in [1.807, 2.05) is 81.4 Å². The van der Waals surface area contributed by atoms with Crippen LogP contribution in [0.25, 0.3) is 33.2 Å². The summed E-state index contributed by atoms with van der Waals surface area (Å²) in [5.41, 5.74) is 5.42. The smallest absolute Gasteiger partial charge is 0.235 e. The SMILES string of the molecule is Cc1ccc(-c2oc3cc(C)c(C)cc3c(=O)c2OCC(=O)c2c[nH]c3ccccc23)cc1. The van der Waals surface area contributed by atoms with Crippen molar-refractivity contribution in [1.82, 2.24) is 4.98 Å². The third kappa shape index (κ3) is 3.72. The van der Waals surface area contributed by atoms with E-state index < -0.39 is 0 Å². The number of benzene rings is 3. The molecule has 0 radical (unpaired) electrons. The molecule has 0 aliphatic carbocycles. The zero-order valence-electron chi connectivity index (χ0n) is 18.7. The van der Waals surface area contributed by atoms with E-state index in [9.17, 15) is 9.59 Å². The van der Waals surface area contributed by atoms with Crippen molar-refractivity contribution in [3.05, 3.63) is 99.3 Å². The monoisotopic (exact) mass is 437 g/mol. The van der Waals surface area contributed by atoms with Crippen LogP contribution in [0.5, 0.6) is 5.75 Å². The molecule has 0 spiro atoms. The molecule has 3 aromatic carbocycles. The highest BCUT2D eigenvalue weighted by molar-refractivity contribution is 6.08. The van der Waals surface area contributed by atoms with Crippen molar-refractivity contribution in [2.45, 2.75) is 20.8 Å². The Morgan fingerprint density at radius 3 is 2.45 bits per heavy atom. The van der Waals surface area contributed by atoms with Gasteiger partial charge in [-0.15, -0.1) is 0 Å². The lowest BCUT2D eigenvalue weighted by atomic mass is 10.0. The van der Waals surface area contributed by atoms with Crippen molar-refractivity contribution >= 4 is 27.7 Å². The van der Waals surface area contributed by atoms with Gasteiger partial charge >= 0.3 is 0 Å². The topological polar surface area (TPSA) is 72.3 Å². The largest absolute Gasteiger partial charge is 0.478 e. The molecule has 0 aliphatic heterocycles. The number of aromatic amines is 1. The van der Waals surface area contributed by atoms with Crippen LogP contribution in [0.2, 0.25) is 0 Å². The molecule has 0 saturated carbocycles. The molecule has 5 nitrogen and oxygen atoms in total. The minimum Gasteiger partial charge on any atom is -0.478 e. The number of hydrogen-bond donors (Lipinski definition) is 1. The number of carbonyl (C=O) groups excluding carboxylic acids is 1. The fraction of sp³-hybridized carbons (Fsp3) is 0.143. The number of carbonyl (C=O) groups is 1. The van der Waals surface area contributed by atoms with Gasteiger partial charge in [0.15, 0.2) is 12.4 Å². The first-order chi connectivity index (χ1) is 15.9. The van der Waals surface area contributed by atoms with Gasteiger partial charge in [-0.25, -0.2) is 0 Å². The van der Waals surface area contributed by atoms with Crippen LogP contribution in [0.1, 0.15) is 27.0 Å². The van der Waals surface area contributed by atoms with Crippen LogP contribution in [0.4, 0.5) is 0 Å². The molecule has 33 heavy (non-hydrogen) atoms. The number of nitrogens with one attached hydrogen (secondary N) is 1. The maximum atomic E-state index is 13.5. The van der Waals surface area contributed by atoms with E-state index in [4.69, 9.17) is 9.15 Å². The van der Waals surface area contributed by atoms with Crippen LogP contribution in [0, 0.1) is 20.8 Å². The first-order valence-electron chi connectivity index (χ1n) is 10.8. The Bertz CT molecular complexity index is 1570. The summed E-state index contributed by atoms with van der Waals surface area (Å²) in [6.07, 6.45) is 1.67. The molecule has 5 rings (SSSR count). The molecule has 0 fully saturated rings. The van der Waals surface area contributed by atoms with Gasteiger partial charge < -0.3 is 14.1 Å². The normalized spacial score (nSPS) is 11.2. The van der Waals surface area contributed by atoms with Crippen molar-refractivity contribution in [3.63, 3.8) is 0 Å². The minimum atomic E-state index is -0.290. The average Bonchev–Trinajstić information content (AvgIpc) is 3.24. The number of aromatic nitrogens is 1. The van der Waals surface area contributed by atoms with Gasteiger partial charge in [0.25, 0.3) is 0 Å². The van der Waals surface area contributed by atoms with Crippen molar-refractivity contribution < 1.29 is 13.9 Å². The van der Waals surface area contributed by atoms with Gasteiger partial charge in [0.2, 0.25) is 17.0 Å². The Hall–Kier alpha value is -4.12. The van der Waals surface area contributed by atoms with Crippen LogP contribution in [0.3, 0.4) is 0 Å². The van der Waals surface area contributed by atoms with E-state index in [2.05, 4.69) is 4.98 Å². The number of ketones is 1. The lowest BCUT2D eigenvalue weighted by molar-refractivity contribution is 0.0922. The van der Waals surface area contributed by atoms with Gasteiger partial charge in [-0.05, 0) is 50.1 Å². The maximum Gasteiger partial charge on any atom is 0.235 e. The molecule has 0 aliphatic rings. The standard InChI is InChI=1S/C28H23NO4/c1-16-8-10-19(11-9-16)27-28(26(31)21-12-17(2)18(3)13-25(21)33-27)32-15-24(30)22-14-29-23-7-5-4-6-20(22)23/h4-14,29H,15H2,1-3H3. The Labute approximate surface area is 190 Å². The van der Waals surface area contributed by atoms with E-state index >= 15 is 0 Å². The minimum absolute atomic E-state index is 0.0443. The molecule has 5 heteroatoms. The summed E-state index contributed by atoms with van der Waals surface area (Å²) in [6, 6.07) is 18.9. The lowest BCUT2D eigenvalue weighted by Crippen LogP contribution is -2.17. The van der Waals surface area contributed by atoms with Gasteiger partial charge in [0, 0.05) is 28.2 Å². The number of Topliss-reactive ketones (excluding diaryl/α,β-unsaturated/α-hetero) is 1. The molecule has 0 atom stereocenters. The molecule has 2 aromatic heterocycles. The predicted molar refractivity (Wildman–Crippen MR) is 130 cm³/mol. The average molecular weight is 437 g/mol. The summed E-state index contributed by atoms with van der Waals surface area (Å²) in [5.74, 6) is 0.146. The van der Waals surface area contributed by atoms with Gasteiger partial charge in [0.1, 0.15) is 5.58 Å². The van der Waals surface area contributed by atoms with Gasteiger partial charge in [-0.1, -0.05) is 48.0 Å². The molecule has 164 valence electrons. The third-order valence-corrected chi connectivity index (χ3v) is 6.02. The number of aryl methyl sites for hydroxylation is 3. The fourth-order valence-electron chi connectivity index (χ4n) is 3.98. The van der Waals surface area contributed by atoms with E-state index in [0.717, 1.165) is 27.6 Å². The number of H-pyrrole nitrogens is 1. The van der Waals surface area contributed by atoms with Crippen molar-refractivity contribution in [2.75, 3.05) is 6.61 Å². The molecular weight excluding hydrogens is 414 g/mol. The first-order valence-corrected chi connectivity index (χ1v) is 10.8. The second-order valence-electron chi connectivity index (χ2n) is 8.35. The predicted octanol–water partition coefficient (Wildman–Crippen LogP) is 6.13. The summed E-state index contributed by atoms with van der Waals surface area (Å²) in [5, 5.41) is 1.25. The van der Waals surface area contributed by atoms with Crippen molar-refractivity contribution in [2.24, 2.45) is 0 Å². The zero-order chi connectivity index (χ0) is 23.1.